The summed E-state index contributed by atoms with van der Waals surface area (Å²) in [7, 11) is 0. The quantitative estimate of drug-likeness (QED) is 0.866. The summed E-state index contributed by atoms with van der Waals surface area (Å²) in [6.45, 7) is 0. The van der Waals surface area contributed by atoms with Crippen LogP contribution in [-0.2, 0) is 4.79 Å². The SMILES string of the molecule is O=C(O)C(Oc1ccc(Br)cc1)C1=CCCC1. The van der Waals surface area contributed by atoms with E-state index in [4.69, 9.17) is 4.74 Å². The lowest BCUT2D eigenvalue weighted by Gasteiger charge is -2.16. The maximum atomic E-state index is 11.2. The topological polar surface area (TPSA) is 46.5 Å². The highest BCUT2D eigenvalue weighted by Crippen LogP contribution is 2.25. The van der Waals surface area contributed by atoms with E-state index in [0.717, 1.165) is 29.3 Å². The summed E-state index contributed by atoms with van der Waals surface area (Å²) in [4.78, 5) is 11.2. The third-order valence-electron chi connectivity index (χ3n) is 2.70. The van der Waals surface area contributed by atoms with Gasteiger partial charge in [0, 0.05) is 4.47 Å². The van der Waals surface area contributed by atoms with Gasteiger partial charge in [-0.1, -0.05) is 22.0 Å². The number of benzene rings is 1. The molecule has 1 unspecified atom stereocenters. The molecule has 3 nitrogen and oxygen atoms in total. The van der Waals surface area contributed by atoms with Crippen LogP contribution in [0, 0.1) is 0 Å². The summed E-state index contributed by atoms with van der Waals surface area (Å²) in [5, 5.41) is 9.17. The Morgan fingerprint density at radius 3 is 2.59 bits per heavy atom. The molecule has 0 fully saturated rings. The van der Waals surface area contributed by atoms with Crippen molar-refractivity contribution in [1.29, 1.82) is 0 Å². The molecule has 0 aromatic heterocycles. The van der Waals surface area contributed by atoms with Crippen LogP contribution in [0.3, 0.4) is 0 Å². The smallest absolute Gasteiger partial charge is 0.349 e. The van der Waals surface area contributed by atoms with Gasteiger partial charge in [-0.3, -0.25) is 0 Å². The number of hydrogen-bond acceptors (Lipinski definition) is 2. The Balaban J connectivity index is 2.12. The van der Waals surface area contributed by atoms with Gasteiger partial charge >= 0.3 is 5.97 Å². The Labute approximate surface area is 108 Å². The molecule has 2 rings (SSSR count). The number of carboxylic acid groups (broad SMARTS) is 1. The Morgan fingerprint density at radius 1 is 1.35 bits per heavy atom. The molecule has 0 spiro atoms. The minimum Gasteiger partial charge on any atom is -0.478 e. The maximum Gasteiger partial charge on any atom is 0.349 e. The fourth-order valence-corrected chi connectivity index (χ4v) is 2.13. The van der Waals surface area contributed by atoms with Crippen LogP contribution in [0.5, 0.6) is 5.75 Å². The zero-order valence-corrected chi connectivity index (χ0v) is 10.8. The van der Waals surface area contributed by atoms with Gasteiger partial charge in [0.2, 0.25) is 6.10 Å². The van der Waals surface area contributed by atoms with Crippen LogP contribution >= 0.6 is 15.9 Å². The van der Waals surface area contributed by atoms with Crippen molar-refractivity contribution < 1.29 is 14.6 Å². The second kappa shape index (κ2) is 5.36. The van der Waals surface area contributed by atoms with Crippen molar-refractivity contribution in [1.82, 2.24) is 0 Å². The molecule has 1 N–H and O–H groups in total. The predicted molar refractivity (Wildman–Crippen MR) is 68.1 cm³/mol. The number of allylic oxidation sites excluding steroid dienone is 1. The van der Waals surface area contributed by atoms with Crippen molar-refractivity contribution in [3.8, 4) is 5.75 Å². The standard InChI is InChI=1S/C13H13BrO3/c14-10-5-7-11(8-6-10)17-12(13(15)16)9-3-1-2-4-9/h3,5-8,12H,1-2,4H2,(H,15,16). The van der Waals surface area contributed by atoms with Gasteiger partial charge in [0.25, 0.3) is 0 Å². The summed E-state index contributed by atoms with van der Waals surface area (Å²) >= 11 is 3.32. The first-order valence-electron chi connectivity index (χ1n) is 5.51. The molecule has 1 aliphatic rings. The van der Waals surface area contributed by atoms with Gasteiger partial charge in [0.15, 0.2) is 0 Å². The lowest BCUT2D eigenvalue weighted by molar-refractivity contribution is -0.143. The molecule has 0 heterocycles. The molecular weight excluding hydrogens is 284 g/mol. The first-order chi connectivity index (χ1) is 8.16. The third kappa shape index (κ3) is 3.09. The van der Waals surface area contributed by atoms with Crippen LogP contribution in [0.2, 0.25) is 0 Å². The number of carbonyl (C=O) groups is 1. The van der Waals surface area contributed by atoms with Crippen LogP contribution in [-0.4, -0.2) is 17.2 Å². The van der Waals surface area contributed by atoms with Crippen molar-refractivity contribution in [3.05, 3.63) is 40.4 Å². The third-order valence-corrected chi connectivity index (χ3v) is 3.23. The molecular formula is C13H13BrO3. The normalized spacial score (nSPS) is 16.4. The van der Waals surface area contributed by atoms with Crippen molar-refractivity contribution in [2.24, 2.45) is 0 Å². The molecule has 1 aliphatic carbocycles. The Bertz CT molecular complexity index is 436. The van der Waals surface area contributed by atoms with E-state index in [0.29, 0.717) is 5.75 Å². The second-order valence-corrected chi connectivity index (χ2v) is 4.88. The zero-order valence-electron chi connectivity index (χ0n) is 9.23. The van der Waals surface area contributed by atoms with Gasteiger partial charge < -0.3 is 9.84 Å². The van der Waals surface area contributed by atoms with Crippen LogP contribution in [0.15, 0.2) is 40.4 Å². The number of aliphatic carboxylic acids is 1. The monoisotopic (exact) mass is 296 g/mol. The zero-order chi connectivity index (χ0) is 12.3. The fourth-order valence-electron chi connectivity index (χ4n) is 1.87. The van der Waals surface area contributed by atoms with Crippen LogP contribution in [0.1, 0.15) is 19.3 Å². The van der Waals surface area contributed by atoms with E-state index in [-0.39, 0.29) is 0 Å². The molecule has 1 aromatic carbocycles. The lowest BCUT2D eigenvalue weighted by Crippen LogP contribution is -2.28. The molecule has 17 heavy (non-hydrogen) atoms. The van der Waals surface area contributed by atoms with Gasteiger partial charge in [-0.2, -0.15) is 0 Å². The van der Waals surface area contributed by atoms with Crippen molar-refractivity contribution in [2.45, 2.75) is 25.4 Å². The summed E-state index contributed by atoms with van der Waals surface area (Å²) < 4.78 is 6.47. The highest BCUT2D eigenvalue weighted by atomic mass is 79.9. The average molecular weight is 297 g/mol. The average Bonchev–Trinajstić information content (AvgIpc) is 2.81. The molecule has 1 aromatic rings. The van der Waals surface area contributed by atoms with Gasteiger partial charge in [-0.25, -0.2) is 4.79 Å². The van der Waals surface area contributed by atoms with Crippen LogP contribution in [0.4, 0.5) is 0 Å². The highest BCUT2D eigenvalue weighted by molar-refractivity contribution is 9.10. The minimum atomic E-state index is -0.930. The van der Waals surface area contributed by atoms with Gasteiger partial charge in [-0.15, -0.1) is 0 Å². The molecule has 0 amide bonds. The summed E-state index contributed by atoms with van der Waals surface area (Å²) in [5.41, 5.74) is 0.875. The van der Waals surface area contributed by atoms with E-state index in [9.17, 15) is 9.90 Å². The Kier molecular flexibility index (Phi) is 3.84. The Morgan fingerprint density at radius 2 is 2.06 bits per heavy atom. The van der Waals surface area contributed by atoms with Crippen molar-refractivity contribution >= 4 is 21.9 Å². The maximum absolute atomic E-state index is 11.2. The number of halogens is 1. The van der Waals surface area contributed by atoms with Gasteiger partial charge in [0.05, 0.1) is 0 Å². The molecule has 0 saturated heterocycles. The van der Waals surface area contributed by atoms with Crippen LogP contribution < -0.4 is 4.74 Å². The molecule has 4 heteroatoms. The highest BCUT2D eigenvalue weighted by Gasteiger charge is 2.25. The van der Waals surface area contributed by atoms with Gasteiger partial charge in [-0.05, 0) is 49.1 Å². The molecule has 0 saturated carbocycles. The lowest BCUT2D eigenvalue weighted by atomic mass is 10.1. The van der Waals surface area contributed by atoms with Crippen molar-refractivity contribution in [3.63, 3.8) is 0 Å². The molecule has 90 valence electrons. The first-order valence-corrected chi connectivity index (χ1v) is 6.30. The summed E-state index contributed by atoms with van der Waals surface area (Å²) in [5.74, 6) is -0.352. The molecule has 0 bridgehead atoms. The van der Waals surface area contributed by atoms with Gasteiger partial charge in [0.1, 0.15) is 5.75 Å². The summed E-state index contributed by atoms with van der Waals surface area (Å²) in [6.07, 6.45) is 3.90. The number of ether oxygens (including phenoxy) is 1. The minimum absolute atomic E-state index is 0.577. The summed E-state index contributed by atoms with van der Waals surface area (Å²) in [6, 6.07) is 7.18. The predicted octanol–water partition coefficient (Wildman–Crippen LogP) is 3.39. The first kappa shape index (κ1) is 12.2. The van der Waals surface area contributed by atoms with Crippen LogP contribution in [0.25, 0.3) is 0 Å². The van der Waals surface area contributed by atoms with Crippen molar-refractivity contribution in [2.75, 3.05) is 0 Å². The van der Waals surface area contributed by atoms with E-state index >= 15 is 0 Å². The van der Waals surface area contributed by atoms with E-state index in [1.54, 1.807) is 12.1 Å². The largest absolute Gasteiger partial charge is 0.478 e. The van der Waals surface area contributed by atoms with E-state index in [1.807, 2.05) is 18.2 Å². The fraction of sp³-hybridized carbons (Fsp3) is 0.308. The molecule has 1 atom stereocenters. The second-order valence-electron chi connectivity index (χ2n) is 3.96. The van der Waals surface area contributed by atoms with E-state index < -0.39 is 12.1 Å². The Hall–Kier alpha value is -1.29. The molecule has 0 aliphatic heterocycles. The number of rotatable bonds is 4. The number of hydrogen-bond donors (Lipinski definition) is 1. The number of carboxylic acids is 1. The molecule has 0 radical (unpaired) electrons. The van der Waals surface area contributed by atoms with E-state index in [2.05, 4.69) is 15.9 Å². The van der Waals surface area contributed by atoms with E-state index in [1.165, 1.54) is 0 Å².